The number of hydrogen-bond acceptors (Lipinski definition) is 10. The Labute approximate surface area is 436 Å². The van der Waals surface area contributed by atoms with Crippen molar-refractivity contribution in [3.63, 3.8) is 0 Å². The van der Waals surface area contributed by atoms with Crippen LogP contribution in [0.4, 0.5) is 34.4 Å². The molecule has 0 radical (unpaired) electrons. The molecule has 5 N–H and O–H groups in total. The molecule has 19 heteroatoms. The molecule has 4 aromatic carbocycles. The molecule has 6 aromatic rings. The normalized spacial score (nSPS) is 15.6. The number of para-hydroxylation sites is 4. The highest BCUT2D eigenvalue weighted by molar-refractivity contribution is 6.32. The van der Waals surface area contributed by atoms with E-state index in [4.69, 9.17) is 23.2 Å². The zero-order valence-corrected chi connectivity index (χ0v) is 43.0. The van der Waals surface area contributed by atoms with Gasteiger partial charge in [0.25, 0.3) is 11.8 Å². The molecule has 4 aliphatic rings. The topological polar surface area (TPSA) is 174 Å². The van der Waals surface area contributed by atoms with E-state index >= 15 is 0 Å². The largest absolute Gasteiger partial charge is 0.352 e. The van der Waals surface area contributed by atoms with Crippen LogP contribution in [0.3, 0.4) is 0 Å². The van der Waals surface area contributed by atoms with E-state index in [9.17, 15) is 19.2 Å². The Morgan fingerprint density at radius 3 is 1.53 bits per heavy atom. The van der Waals surface area contributed by atoms with Gasteiger partial charge in [-0.1, -0.05) is 66.5 Å². The standard InChI is InChI=1S/C28H33ClN6O2.C25H27ClN6O2.ClH/c1-3-12-34-13-10-19(11-14-34)27(36)30-16-21-9-8-20(15-23(21)29)28(37)35-18-22-17-31-33(2)26(22)32-24-6-4-5-7-25(24)35;1-31-23-19(14-29-31)15-32(22-5-3-2-4-21(22)30-23)25(34)17-6-7-18(20(26)12-17)13-28-24(33)16-8-10-27-11-9-16;/h4-9,15,17,19,32H,3,10-14,16,18H2,1-2H3,(H,30,36);2-7,12,14,16,27,30H,8-11,13,15H2,1H3,(H,28,33);1H. The van der Waals surface area contributed by atoms with Crippen LogP contribution in [-0.4, -0.2) is 80.8 Å². The zero-order chi connectivity index (χ0) is 49.6. The third kappa shape index (κ3) is 11.6. The van der Waals surface area contributed by atoms with Gasteiger partial charge in [0.05, 0.1) is 48.2 Å². The second-order valence-electron chi connectivity index (χ2n) is 18.5. The Hall–Kier alpha value is -6.43. The number of nitrogens with zero attached hydrogens (tertiary/aromatic N) is 7. The Balaban J connectivity index is 0.000000191. The highest BCUT2D eigenvalue weighted by Crippen LogP contribution is 2.38. The van der Waals surface area contributed by atoms with Crippen molar-refractivity contribution in [2.75, 3.05) is 53.2 Å². The first-order chi connectivity index (χ1) is 34.4. The number of piperidine rings is 2. The van der Waals surface area contributed by atoms with Crippen molar-refractivity contribution in [1.29, 1.82) is 0 Å². The van der Waals surface area contributed by atoms with Crippen molar-refractivity contribution >= 4 is 93.6 Å². The minimum Gasteiger partial charge on any atom is -0.352 e. The maximum Gasteiger partial charge on any atom is 0.258 e. The van der Waals surface area contributed by atoms with Crippen LogP contribution in [0.5, 0.6) is 0 Å². The first-order valence-corrected chi connectivity index (χ1v) is 25.1. The van der Waals surface area contributed by atoms with Gasteiger partial charge in [-0.25, -0.2) is 0 Å². The smallest absolute Gasteiger partial charge is 0.258 e. The van der Waals surface area contributed by atoms with Crippen LogP contribution < -0.4 is 36.4 Å². The maximum atomic E-state index is 13.7. The molecule has 2 saturated heterocycles. The zero-order valence-electron chi connectivity index (χ0n) is 40.7. The van der Waals surface area contributed by atoms with Crippen LogP contribution >= 0.6 is 35.6 Å². The second-order valence-corrected chi connectivity index (χ2v) is 19.4. The monoisotopic (exact) mass is 1030 g/mol. The number of carbonyl (C=O) groups excluding carboxylic acids is 4. The van der Waals surface area contributed by atoms with Crippen LogP contribution in [-0.2, 0) is 49.9 Å². The molecule has 0 saturated carbocycles. The number of hydrogen-bond donors (Lipinski definition) is 5. The van der Waals surface area contributed by atoms with E-state index in [0.717, 1.165) is 121 Å². The average Bonchev–Trinajstić information content (AvgIpc) is 3.78. The molecule has 4 aliphatic heterocycles. The summed E-state index contributed by atoms with van der Waals surface area (Å²) in [5.41, 5.74) is 7.67. The van der Waals surface area contributed by atoms with Crippen molar-refractivity contribution in [1.82, 2.24) is 40.4 Å². The van der Waals surface area contributed by atoms with Crippen molar-refractivity contribution in [2.45, 2.75) is 65.2 Å². The van der Waals surface area contributed by atoms with Crippen molar-refractivity contribution in [3.05, 3.63) is 141 Å². The minimum atomic E-state index is -0.154. The molecule has 0 spiro atoms. The fourth-order valence-electron chi connectivity index (χ4n) is 9.71. The van der Waals surface area contributed by atoms with Gasteiger partial charge < -0.3 is 41.3 Å². The lowest BCUT2D eigenvalue weighted by Crippen LogP contribution is -2.40. The summed E-state index contributed by atoms with van der Waals surface area (Å²) in [6.07, 6.45) is 8.15. The number of carbonyl (C=O) groups is 4. The molecule has 16 nitrogen and oxygen atoms in total. The van der Waals surface area contributed by atoms with Gasteiger partial charge in [-0.15, -0.1) is 12.4 Å². The summed E-state index contributed by atoms with van der Waals surface area (Å²) in [6.45, 7) is 8.41. The highest BCUT2D eigenvalue weighted by atomic mass is 35.5. The molecule has 0 aliphatic carbocycles. The lowest BCUT2D eigenvalue weighted by molar-refractivity contribution is -0.127. The summed E-state index contributed by atoms with van der Waals surface area (Å²) in [7, 11) is 3.74. The number of aryl methyl sites for hydroxylation is 2. The van der Waals surface area contributed by atoms with Gasteiger partial charge >= 0.3 is 0 Å². The quantitative estimate of drug-likeness (QED) is 0.0893. The molecule has 0 unspecified atom stereocenters. The molecule has 10 rings (SSSR count). The number of benzene rings is 4. The van der Waals surface area contributed by atoms with Gasteiger partial charge in [0, 0.05) is 71.3 Å². The molecule has 0 atom stereocenters. The Morgan fingerprint density at radius 1 is 0.639 bits per heavy atom. The fraction of sp³-hybridized carbons (Fsp3) is 0.358. The number of rotatable bonds is 10. The molecule has 0 bridgehead atoms. The van der Waals surface area contributed by atoms with Crippen LogP contribution in [0, 0.1) is 11.8 Å². The number of anilines is 6. The van der Waals surface area contributed by atoms with E-state index in [1.165, 1.54) is 0 Å². The van der Waals surface area contributed by atoms with Crippen molar-refractivity contribution in [3.8, 4) is 0 Å². The van der Waals surface area contributed by atoms with Crippen molar-refractivity contribution in [2.24, 2.45) is 25.9 Å². The van der Waals surface area contributed by atoms with E-state index in [1.807, 2.05) is 74.8 Å². The number of likely N-dealkylation sites (tertiary alicyclic amines) is 1. The molecule has 2 aromatic heterocycles. The molecule has 378 valence electrons. The summed E-state index contributed by atoms with van der Waals surface area (Å²) in [6, 6.07) is 26.0. The van der Waals surface area contributed by atoms with Gasteiger partial charge in [0.2, 0.25) is 11.8 Å². The fourth-order valence-corrected chi connectivity index (χ4v) is 10.2. The van der Waals surface area contributed by atoms with E-state index in [0.29, 0.717) is 47.4 Å². The summed E-state index contributed by atoms with van der Waals surface area (Å²) < 4.78 is 3.54. The highest BCUT2D eigenvalue weighted by Gasteiger charge is 2.30. The van der Waals surface area contributed by atoms with Crippen molar-refractivity contribution < 1.29 is 19.2 Å². The molecular weight excluding hydrogens is 975 g/mol. The maximum absolute atomic E-state index is 13.7. The van der Waals surface area contributed by atoms with Gasteiger partial charge in [-0.05, 0) is 124 Å². The van der Waals surface area contributed by atoms with Crippen LogP contribution in [0.1, 0.15) is 82.0 Å². The SMILES string of the molecule is CCCN1CCC(C(=O)NCc2ccc(C(=O)N3Cc4cnn(C)c4Nc4ccccc43)cc2Cl)CC1.Cl.Cn1ncc2c1Nc1ccccc1N(C(=O)c1ccc(CNC(=O)C3CCNCC3)c(Cl)c1)C2. The predicted octanol–water partition coefficient (Wildman–Crippen LogP) is 8.73. The van der Waals surface area contributed by atoms with Crippen LogP contribution in [0.15, 0.2) is 97.3 Å². The molecule has 2 fully saturated rings. The summed E-state index contributed by atoms with van der Waals surface area (Å²) in [4.78, 5) is 58.4. The number of aromatic nitrogens is 4. The van der Waals surface area contributed by atoms with E-state index in [-0.39, 0.29) is 47.9 Å². The summed E-state index contributed by atoms with van der Waals surface area (Å²) >= 11 is 13.1. The third-order valence-electron chi connectivity index (χ3n) is 13.8. The minimum absolute atomic E-state index is 0. The van der Waals surface area contributed by atoms with Gasteiger partial charge in [-0.2, -0.15) is 10.2 Å². The first kappa shape index (κ1) is 51.9. The van der Waals surface area contributed by atoms with Gasteiger partial charge in [0.1, 0.15) is 11.6 Å². The van der Waals surface area contributed by atoms with Gasteiger partial charge in [0.15, 0.2) is 0 Å². The first-order valence-electron chi connectivity index (χ1n) is 24.4. The third-order valence-corrected chi connectivity index (χ3v) is 14.5. The van der Waals surface area contributed by atoms with Gasteiger partial charge in [-0.3, -0.25) is 28.5 Å². The Morgan fingerprint density at radius 2 is 1.08 bits per heavy atom. The molecule has 6 heterocycles. The van der Waals surface area contributed by atoms with E-state index in [2.05, 4.69) is 48.6 Å². The van der Waals surface area contributed by atoms with Crippen LogP contribution in [0.25, 0.3) is 0 Å². The molecule has 4 amide bonds. The van der Waals surface area contributed by atoms with E-state index in [1.54, 1.807) is 55.8 Å². The summed E-state index contributed by atoms with van der Waals surface area (Å²) in [5.74, 6) is 1.63. The van der Waals surface area contributed by atoms with E-state index < -0.39 is 0 Å². The summed E-state index contributed by atoms with van der Waals surface area (Å²) in [5, 5.41) is 25.7. The predicted molar refractivity (Wildman–Crippen MR) is 286 cm³/mol. The lowest BCUT2D eigenvalue weighted by Gasteiger charge is -2.30. The number of halogens is 3. The number of nitrogens with one attached hydrogen (secondary N) is 5. The average molecular weight is 1040 g/mol. The Kier molecular flexibility index (Phi) is 16.9. The molecular formula is C53H61Cl3N12O4. The number of fused-ring (bicyclic) bond motifs is 4. The Bertz CT molecular complexity index is 2930. The molecule has 72 heavy (non-hydrogen) atoms. The van der Waals surface area contributed by atoms with Crippen LogP contribution in [0.2, 0.25) is 10.0 Å². The number of amides is 4. The lowest BCUT2D eigenvalue weighted by atomic mass is 9.95. The second kappa shape index (κ2) is 23.4.